The summed E-state index contributed by atoms with van der Waals surface area (Å²) in [7, 11) is 1.75. The fraction of sp³-hybridized carbons (Fsp3) is 0.667. The minimum atomic E-state index is -0.0414. The summed E-state index contributed by atoms with van der Waals surface area (Å²) in [6.07, 6.45) is 8.27. The maximum Gasteiger partial charge on any atom is 0.293 e. The van der Waals surface area contributed by atoms with Gasteiger partial charge in [0.15, 0.2) is 5.82 Å². The molecule has 4 heteroatoms. The summed E-state index contributed by atoms with van der Waals surface area (Å²) in [5, 5.41) is 3.30. The largest absolute Gasteiger partial charge is 0.362 e. The first-order chi connectivity index (χ1) is 7.68. The highest BCUT2D eigenvalue weighted by Crippen LogP contribution is 2.25. The minimum Gasteiger partial charge on any atom is -0.362 e. The highest BCUT2D eigenvalue weighted by molar-refractivity contribution is 5.32. The number of nitrogens with zero attached hydrogens (tertiary/aromatic N) is 2. The maximum absolute atomic E-state index is 11.8. The molecule has 2 atom stereocenters. The topological polar surface area (TPSA) is 46.9 Å². The number of nitrogens with one attached hydrogen (secondary N) is 1. The molecule has 1 aliphatic rings. The van der Waals surface area contributed by atoms with Crippen LogP contribution in [0.15, 0.2) is 17.2 Å². The molecule has 1 aliphatic carbocycles. The van der Waals surface area contributed by atoms with Gasteiger partial charge in [-0.15, -0.1) is 0 Å². The second-order valence-corrected chi connectivity index (χ2v) is 4.70. The Morgan fingerprint density at radius 3 is 2.94 bits per heavy atom. The molecule has 2 unspecified atom stereocenters. The van der Waals surface area contributed by atoms with Crippen LogP contribution >= 0.6 is 0 Å². The van der Waals surface area contributed by atoms with Gasteiger partial charge in [0.2, 0.25) is 0 Å². The molecular formula is C12H19N3O. The molecule has 1 aromatic rings. The Morgan fingerprint density at radius 1 is 1.44 bits per heavy atom. The van der Waals surface area contributed by atoms with Crippen molar-refractivity contribution < 1.29 is 0 Å². The Bertz CT molecular complexity index is 413. The van der Waals surface area contributed by atoms with Crippen molar-refractivity contribution >= 4 is 5.82 Å². The summed E-state index contributed by atoms with van der Waals surface area (Å²) in [4.78, 5) is 15.9. The van der Waals surface area contributed by atoms with Gasteiger partial charge in [-0.2, -0.15) is 0 Å². The lowest BCUT2D eigenvalue weighted by Gasteiger charge is -2.29. The zero-order valence-electron chi connectivity index (χ0n) is 9.94. The molecule has 88 valence electrons. The molecule has 0 amide bonds. The van der Waals surface area contributed by atoms with E-state index in [0.717, 1.165) is 6.42 Å². The number of hydrogen-bond acceptors (Lipinski definition) is 3. The van der Waals surface area contributed by atoms with Crippen molar-refractivity contribution in [1.82, 2.24) is 9.55 Å². The van der Waals surface area contributed by atoms with Gasteiger partial charge in [0, 0.05) is 25.5 Å². The third-order valence-electron chi connectivity index (χ3n) is 3.45. The third kappa shape index (κ3) is 2.26. The number of aryl methyl sites for hydroxylation is 1. The Morgan fingerprint density at radius 2 is 2.19 bits per heavy atom. The maximum atomic E-state index is 11.8. The molecule has 2 rings (SSSR count). The lowest BCUT2D eigenvalue weighted by atomic mass is 9.86. The van der Waals surface area contributed by atoms with Gasteiger partial charge in [-0.3, -0.25) is 4.79 Å². The first-order valence-electron chi connectivity index (χ1n) is 5.96. The van der Waals surface area contributed by atoms with E-state index in [4.69, 9.17) is 0 Å². The highest BCUT2D eigenvalue weighted by Gasteiger charge is 2.22. The first kappa shape index (κ1) is 11.2. The highest BCUT2D eigenvalue weighted by atomic mass is 16.1. The van der Waals surface area contributed by atoms with Gasteiger partial charge in [0.25, 0.3) is 5.56 Å². The predicted molar refractivity (Wildman–Crippen MR) is 64.5 cm³/mol. The molecule has 1 fully saturated rings. The summed E-state index contributed by atoms with van der Waals surface area (Å²) >= 11 is 0. The van der Waals surface area contributed by atoms with E-state index in [-0.39, 0.29) is 5.56 Å². The SMILES string of the molecule is CC1CCCCC1Nc1nccn(C)c1=O. The Labute approximate surface area is 95.7 Å². The summed E-state index contributed by atoms with van der Waals surface area (Å²) < 4.78 is 1.56. The molecular weight excluding hydrogens is 202 g/mol. The van der Waals surface area contributed by atoms with Crippen molar-refractivity contribution in [3.05, 3.63) is 22.7 Å². The monoisotopic (exact) mass is 221 g/mol. The van der Waals surface area contributed by atoms with Crippen LogP contribution in [0.5, 0.6) is 0 Å². The van der Waals surface area contributed by atoms with E-state index in [2.05, 4.69) is 17.2 Å². The molecule has 0 radical (unpaired) electrons. The summed E-state index contributed by atoms with van der Waals surface area (Å²) in [6, 6.07) is 0.399. The van der Waals surface area contributed by atoms with Gasteiger partial charge < -0.3 is 9.88 Å². The Kier molecular flexibility index (Phi) is 3.27. The van der Waals surface area contributed by atoms with Crippen LogP contribution in [0.3, 0.4) is 0 Å². The van der Waals surface area contributed by atoms with Gasteiger partial charge in [-0.05, 0) is 18.8 Å². The molecule has 0 spiro atoms. The van der Waals surface area contributed by atoms with Gasteiger partial charge >= 0.3 is 0 Å². The number of rotatable bonds is 2. The number of aromatic nitrogens is 2. The van der Waals surface area contributed by atoms with Crippen molar-refractivity contribution in [2.75, 3.05) is 5.32 Å². The van der Waals surface area contributed by atoms with E-state index >= 15 is 0 Å². The molecule has 0 bridgehead atoms. The van der Waals surface area contributed by atoms with E-state index in [1.165, 1.54) is 19.3 Å². The second-order valence-electron chi connectivity index (χ2n) is 4.70. The van der Waals surface area contributed by atoms with E-state index in [1.807, 2.05) is 0 Å². The molecule has 16 heavy (non-hydrogen) atoms. The zero-order chi connectivity index (χ0) is 11.5. The minimum absolute atomic E-state index is 0.0414. The van der Waals surface area contributed by atoms with Crippen LogP contribution in [0.2, 0.25) is 0 Å². The summed E-state index contributed by atoms with van der Waals surface area (Å²) in [6.45, 7) is 2.24. The number of hydrogen-bond donors (Lipinski definition) is 1. The summed E-state index contributed by atoms with van der Waals surface area (Å²) in [5.41, 5.74) is -0.0414. The molecule has 4 nitrogen and oxygen atoms in total. The van der Waals surface area contributed by atoms with Gasteiger partial charge in [0.05, 0.1) is 0 Å². The van der Waals surface area contributed by atoms with Crippen LogP contribution in [0.4, 0.5) is 5.82 Å². The summed E-state index contributed by atoms with van der Waals surface area (Å²) in [5.74, 6) is 1.12. The van der Waals surface area contributed by atoms with E-state index < -0.39 is 0 Å². The number of anilines is 1. The second kappa shape index (κ2) is 4.68. The average molecular weight is 221 g/mol. The standard InChI is InChI=1S/C12H19N3O/c1-9-5-3-4-6-10(9)14-11-12(16)15(2)8-7-13-11/h7-10H,3-6H2,1-2H3,(H,13,14). The van der Waals surface area contributed by atoms with Gasteiger partial charge in [0.1, 0.15) is 0 Å². The lowest BCUT2D eigenvalue weighted by molar-refractivity contribution is 0.348. The van der Waals surface area contributed by atoms with Crippen LogP contribution in [0.25, 0.3) is 0 Å². The van der Waals surface area contributed by atoms with Crippen molar-refractivity contribution in [2.24, 2.45) is 13.0 Å². The van der Waals surface area contributed by atoms with Crippen LogP contribution in [-0.4, -0.2) is 15.6 Å². The van der Waals surface area contributed by atoms with Crippen LogP contribution in [0, 0.1) is 5.92 Å². The zero-order valence-corrected chi connectivity index (χ0v) is 9.94. The molecule has 1 N–H and O–H groups in total. The molecule has 0 aliphatic heterocycles. The lowest BCUT2D eigenvalue weighted by Crippen LogP contribution is -2.34. The first-order valence-corrected chi connectivity index (χ1v) is 5.96. The van der Waals surface area contributed by atoms with Crippen molar-refractivity contribution in [3.8, 4) is 0 Å². The average Bonchev–Trinajstić information content (AvgIpc) is 2.28. The fourth-order valence-electron chi connectivity index (χ4n) is 2.30. The van der Waals surface area contributed by atoms with Gasteiger partial charge in [-0.25, -0.2) is 4.98 Å². The Hall–Kier alpha value is -1.32. The molecule has 0 aromatic carbocycles. The molecule has 0 saturated heterocycles. The van der Waals surface area contributed by atoms with Crippen LogP contribution < -0.4 is 10.9 Å². The predicted octanol–water partition coefficient (Wildman–Crippen LogP) is 1.77. The third-order valence-corrected chi connectivity index (χ3v) is 3.45. The van der Waals surface area contributed by atoms with Crippen molar-refractivity contribution in [3.63, 3.8) is 0 Å². The molecule has 1 heterocycles. The molecule has 1 aromatic heterocycles. The van der Waals surface area contributed by atoms with Gasteiger partial charge in [-0.1, -0.05) is 19.8 Å². The van der Waals surface area contributed by atoms with Crippen molar-refractivity contribution in [1.29, 1.82) is 0 Å². The van der Waals surface area contributed by atoms with Crippen LogP contribution in [-0.2, 0) is 7.05 Å². The van der Waals surface area contributed by atoms with E-state index in [1.54, 1.807) is 24.0 Å². The smallest absolute Gasteiger partial charge is 0.293 e. The van der Waals surface area contributed by atoms with Crippen LogP contribution in [0.1, 0.15) is 32.6 Å². The van der Waals surface area contributed by atoms with E-state index in [0.29, 0.717) is 17.8 Å². The Balaban J connectivity index is 2.14. The fourth-order valence-corrected chi connectivity index (χ4v) is 2.30. The molecule has 1 saturated carbocycles. The normalized spacial score (nSPS) is 25.4. The van der Waals surface area contributed by atoms with E-state index in [9.17, 15) is 4.79 Å². The van der Waals surface area contributed by atoms with Crippen molar-refractivity contribution in [2.45, 2.75) is 38.6 Å². The quantitative estimate of drug-likeness (QED) is 0.828.